The van der Waals surface area contributed by atoms with Gasteiger partial charge in [0.25, 0.3) is 0 Å². The molecule has 1 unspecified atom stereocenters. The minimum atomic E-state index is 0.00393. The van der Waals surface area contributed by atoms with Gasteiger partial charge in [-0.15, -0.1) is 0 Å². The molecule has 0 amide bonds. The maximum Gasteiger partial charge on any atom is 0.305 e. The first-order chi connectivity index (χ1) is 28.4. The highest BCUT2D eigenvalue weighted by molar-refractivity contribution is 5.69. The van der Waals surface area contributed by atoms with Crippen LogP contribution in [0.1, 0.15) is 266 Å². The Bertz CT molecular complexity index is 832. The Kier molecular flexibility index (Phi) is 44.5. The van der Waals surface area contributed by atoms with Crippen LogP contribution in [0.5, 0.6) is 0 Å². The molecule has 0 aliphatic heterocycles. The molecule has 0 aliphatic carbocycles. The summed E-state index contributed by atoms with van der Waals surface area (Å²) in [6.07, 6.45) is 43.1. The first kappa shape index (κ1) is 56.9. The second kappa shape index (κ2) is 45.4. The number of hydrogen-bond acceptors (Lipinski definition) is 6. The van der Waals surface area contributed by atoms with Crippen LogP contribution in [0.25, 0.3) is 0 Å². The van der Waals surface area contributed by atoms with Crippen LogP contribution in [-0.2, 0) is 23.8 Å². The molecule has 0 heterocycles. The monoisotopic (exact) mass is 822 g/mol. The number of nitrogens with zero attached hydrogens (tertiary/aromatic N) is 1. The average molecular weight is 822 g/mol. The van der Waals surface area contributed by atoms with Gasteiger partial charge in [-0.05, 0) is 83.3 Å². The fourth-order valence-electron chi connectivity index (χ4n) is 8.32. The fraction of sp³-hybridized carbons (Fsp3) is 0.962. The van der Waals surface area contributed by atoms with Crippen LogP contribution >= 0.6 is 0 Å². The van der Waals surface area contributed by atoms with Crippen molar-refractivity contribution in [2.24, 2.45) is 11.8 Å². The summed E-state index contributed by atoms with van der Waals surface area (Å²) in [5, 5.41) is 0. The molecule has 346 valence electrons. The molecule has 0 radical (unpaired) electrons. The quantitative estimate of drug-likeness (QED) is 0.0450. The van der Waals surface area contributed by atoms with E-state index in [9.17, 15) is 9.59 Å². The minimum absolute atomic E-state index is 0.00393. The van der Waals surface area contributed by atoms with Gasteiger partial charge in [0, 0.05) is 19.4 Å². The molecule has 0 fully saturated rings. The van der Waals surface area contributed by atoms with Crippen molar-refractivity contribution >= 4 is 11.9 Å². The summed E-state index contributed by atoms with van der Waals surface area (Å²) in [7, 11) is 2.20. The largest absolute Gasteiger partial charge is 0.466 e. The standard InChI is InChI=1S/C52H103NO5/c1-7-12-24-34-48(35-25-13-8-2)42-46-57-51(54)40-30-22-18-16-17-20-28-38-50(56-45-33-32-44-53(6)11-5)39-29-21-19-23-31-41-52(55)58-47-43-49(36-26-14-9-3)37-27-15-10-4/h48-50H,7-47H2,1-6H3. The summed E-state index contributed by atoms with van der Waals surface area (Å²) in [4.78, 5) is 27.1. The molecule has 0 aliphatic rings. The van der Waals surface area contributed by atoms with E-state index >= 15 is 0 Å². The van der Waals surface area contributed by atoms with Crippen molar-refractivity contribution in [3.8, 4) is 0 Å². The van der Waals surface area contributed by atoms with E-state index < -0.39 is 0 Å². The van der Waals surface area contributed by atoms with Crippen LogP contribution < -0.4 is 0 Å². The van der Waals surface area contributed by atoms with Crippen molar-refractivity contribution in [2.45, 2.75) is 272 Å². The van der Waals surface area contributed by atoms with E-state index in [2.05, 4.69) is 46.6 Å². The predicted octanol–water partition coefficient (Wildman–Crippen LogP) is 15.8. The van der Waals surface area contributed by atoms with Gasteiger partial charge in [0.15, 0.2) is 0 Å². The molecule has 6 nitrogen and oxygen atoms in total. The van der Waals surface area contributed by atoms with Crippen LogP contribution in [0, 0.1) is 11.8 Å². The number of rotatable bonds is 47. The lowest BCUT2D eigenvalue weighted by Gasteiger charge is -2.19. The maximum atomic E-state index is 12.4. The molecule has 0 bridgehead atoms. The Hall–Kier alpha value is -1.14. The van der Waals surface area contributed by atoms with Crippen LogP contribution in [0.4, 0.5) is 0 Å². The Morgan fingerprint density at radius 3 is 1.14 bits per heavy atom. The lowest BCUT2D eigenvalue weighted by atomic mass is 9.92. The number of carbonyl (C=O) groups excluding carboxylic acids is 2. The zero-order valence-electron chi connectivity index (χ0n) is 40.2. The third-order valence-corrected chi connectivity index (χ3v) is 12.6. The Balaban J connectivity index is 4.22. The third-order valence-electron chi connectivity index (χ3n) is 12.6. The van der Waals surface area contributed by atoms with Crippen LogP contribution in [0.15, 0.2) is 0 Å². The zero-order valence-corrected chi connectivity index (χ0v) is 40.2. The van der Waals surface area contributed by atoms with E-state index in [1.807, 2.05) is 0 Å². The summed E-state index contributed by atoms with van der Waals surface area (Å²) in [5.74, 6) is 1.45. The molecule has 6 heteroatoms. The van der Waals surface area contributed by atoms with Crippen molar-refractivity contribution in [3.63, 3.8) is 0 Å². The summed E-state index contributed by atoms with van der Waals surface area (Å²) >= 11 is 0. The smallest absolute Gasteiger partial charge is 0.305 e. The summed E-state index contributed by atoms with van der Waals surface area (Å²) in [6.45, 7) is 15.7. The molecule has 0 spiro atoms. The van der Waals surface area contributed by atoms with E-state index in [0.29, 0.717) is 32.2 Å². The van der Waals surface area contributed by atoms with E-state index in [1.54, 1.807) is 0 Å². The van der Waals surface area contributed by atoms with E-state index in [4.69, 9.17) is 14.2 Å². The second-order valence-electron chi connectivity index (χ2n) is 18.1. The van der Waals surface area contributed by atoms with Crippen LogP contribution in [0.2, 0.25) is 0 Å². The SMILES string of the molecule is CCCCCC(CCCCC)CCOC(=O)CCCCCCCCCC(CCCCCCCC(=O)OCCC(CCCCC)CCCCC)OCCCCN(C)CC. The number of hydrogen-bond donors (Lipinski definition) is 0. The highest BCUT2D eigenvalue weighted by Gasteiger charge is 2.13. The summed E-state index contributed by atoms with van der Waals surface area (Å²) in [5.41, 5.74) is 0. The van der Waals surface area contributed by atoms with Gasteiger partial charge in [0.05, 0.1) is 19.3 Å². The average Bonchev–Trinajstić information content (AvgIpc) is 3.22. The van der Waals surface area contributed by atoms with Gasteiger partial charge in [-0.1, -0.05) is 202 Å². The minimum Gasteiger partial charge on any atom is -0.466 e. The molecule has 0 aromatic rings. The van der Waals surface area contributed by atoms with Crippen molar-refractivity contribution < 1.29 is 23.8 Å². The second-order valence-corrected chi connectivity index (χ2v) is 18.1. The number of ether oxygens (including phenoxy) is 3. The highest BCUT2D eigenvalue weighted by atomic mass is 16.5. The van der Waals surface area contributed by atoms with Crippen molar-refractivity contribution in [1.82, 2.24) is 4.90 Å². The topological polar surface area (TPSA) is 65.1 Å². The van der Waals surface area contributed by atoms with Crippen LogP contribution in [0.3, 0.4) is 0 Å². The van der Waals surface area contributed by atoms with Gasteiger partial charge < -0.3 is 19.1 Å². The summed E-state index contributed by atoms with van der Waals surface area (Å²) in [6, 6.07) is 0. The molecule has 58 heavy (non-hydrogen) atoms. The molecule has 0 saturated heterocycles. The molecular formula is C52H103NO5. The van der Waals surface area contributed by atoms with Crippen molar-refractivity contribution in [3.05, 3.63) is 0 Å². The predicted molar refractivity (Wildman–Crippen MR) is 251 cm³/mol. The fourth-order valence-corrected chi connectivity index (χ4v) is 8.32. The maximum absolute atomic E-state index is 12.4. The normalized spacial score (nSPS) is 12.3. The number of carbonyl (C=O) groups is 2. The molecule has 1 atom stereocenters. The number of unbranched alkanes of at least 4 members (excludes halogenated alkanes) is 19. The highest BCUT2D eigenvalue weighted by Crippen LogP contribution is 2.23. The van der Waals surface area contributed by atoms with Gasteiger partial charge in [-0.2, -0.15) is 0 Å². The molecule has 0 aromatic heterocycles. The van der Waals surface area contributed by atoms with E-state index in [-0.39, 0.29) is 11.9 Å². The van der Waals surface area contributed by atoms with Gasteiger partial charge in [-0.3, -0.25) is 9.59 Å². The first-order valence-electron chi connectivity index (χ1n) is 26.0. The van der Waals surface area contributed by atoms with Crippen molar-refractivity contribution in [2.75, 3.05) is 40.0 Å². The lowest BCUT2D eigenvalue weighted by Crippen LogP contribution is -2.20. The molecular weight excluding hydrogens is 719 g/mol. The van der Waals surface area contributed by atoms with E-state index in [1.165, 1.54) is 167 Å². The Morgan fingerprint density at radius 2 is 0.759 bits per heavy atom. The van der Waals surface area contributed by atoms with Gasteiger partial charge in [0.2, 0.25) is 0 Å². The van der Waals surface area contributed by atoms with Crippen molar-refractivity contribution in [1.29, 1.82) is 0 Å². The molecule has 0 saturated carbocycles. The Labute approximate surface area is 363 Å². The van der Waals surface area contributed by atoms with Gasteiger partial charge >= 0.3 is 11.9 Å². The third kappa shape index (κ3) is 40.3. The molecule has 0 aromatic carbocycles. The molecule has 0 N–H and O–H groups in total. The lowest BCUT2D eigenvalue weighted by molar-refractivity contribution is -0.145. The van der Waals surface area contributed by atoms with Gasteiger partial charge in [0.1, 0.15) is 0 Å². The number of esters is 2. The van der Waals surface area contributed by atoms with Crippen LogP contribution in [-0.4, -0.2) is 62.9 Å². The zero-order chi connectivity index (χ0) is 42.6. The van der Waals surface area contributed by atoms with E-state index in [0.717, 1.165) is 82.9 Å². The first-order valence-corrected chi connectivity index (χ1v) is 26.0. The van der Waals surface area contributed by atoms with Gasteiger partial charge in [-0.25, -0.2) is 0 Å². The molecule has 0 rings (SSSR count). The Morgan fingerprint density at radius 1 is 0.397 bits per heavy atom. The summed E-state index contributed by atoms with van der Waals surface area (Å²) < 4.78 is 17.8.